The molecule has 0 unspecified atom stereocenters. The van der Waals surface area contributed by atoms with Gasteiger partial charge in [-0.2, -0.15) is 9.57 Å². The second-order valence-corrected chi connectivity index (χ2v) is 6.16. The molecule has 0 saturated heterocycles. The Morgan fingerprint density at radius 2 is 1.71 bits per heavy atom. The van der Waals surface area contributed by atoms with Crippen LogP contribution in [0.15, 0.2) is 11.0 Å². The molecule has 0 aliphatic rings. The molecule has 0 aromatic heterocycles. The smallest absolute Gasteiger partial charge is 0.207 e. The van der Waals surface area contributed by atoms with Gasteiger partial charge < -0.3 is 0 Å². The highest BCUT2D eigenvalue weighted by atomic mass is 32.2. The summed E-state index contributed by atoms with van der Waals surface area (Å²) in [5, 5.41) is 8.67. The molecule has 1 rings (SSSR count). The van der Waals surface area contributed by atoms with E-state index in [0.717, 1.165) is 0 Å². The molecule has 0 spiro atoms. The first-order valence-electron chi connectivity index (χ1n) is 5.89. The molecule has 21 heavy (non-hydrogen) atoms. The van der Waals surface area contributed by atoms with Crippen LogP contribution in [0.1, 0.15) is 13.8 Å². The van der Waals surface area contributed by atoms with Crippen LogP contribution < -0.4 is 0 Å². The summed E-state index contributed by atoms with van der Waals surface area (Å²) in [5.74, 6) is -8.35. The molecule has 0 radical (unpaired) electrons. The lowest BCUT2D eigenvalue weighted by molar-refractivity contribution is 0.378. The molecule has 0 heterocycles. The van der Waals surface area contributed by atoms with Crippen molar-refractivity contribution in [2.45, 2.75) is 18.7 Å². The van der Waals surface area contributed by atoms with E-state index in [9.17, 15) is 26.0 Å². The van der Waals surface area contributed by atoms with Gasteiger partial charge >= 0.3 is 0 Å². The van der Waals surface area contributed by atoms with Crippen LogP contribution in [-0.2, 0) is 10.0 Å². The zero-order chi connectivity index (χ0) is 16.4. The van der Waals surface area contributed by atoms with Gasteiger partial charge in [0.05, 0.1) is 12.0 Å². The van der Waals surface area contributed by atoms with Crippen molar-refractivity contribution in [2.24, 2.45) is 5.92 Å². The van der Waals surface area contributed by atoms with Crippen molar-refractivity contribution in [1.82, 2.24) is 4.31 Å². The van der Waals surface area contributed by atoms with E-state index in [1.54, 1.807) is 6.07 Å². The molecule has 0 fully saturated rings. The van der Waals surface area contributed by atoms with Crippen molar-refractivity contribution in [3.8, 4) is 6.07 Å². The van der Waals surface area contributed by atoms with Gasteiger partial charge in [0, 0.05) is 19.2 Å². The van der Waals surface area contributed by atoms with E-state index in [1.807, 2.05) is 0 Å². The molecule has 1 aromatic rings. The average molecular weight is 324 g/mol. The lowest BCUT2D eigenvalue weighted by Crippen LogP contribution is -2.35. The van der Waals surface area contributed by atoms with E-state index in [4.69, 9.17) is 5.26 Å². The number of hydrogen-bond donors (Lipinski definition) is 0. The van der Waals surface area contributed by atoms with Crippen molar-refractivity contribution in [2.75, 3.05) is 13.1 Å². The highest BCUT2D eigenvalue weighted by Crippen LogP contribution is 2.27. The molecule has 116 valence electrons. The highest BCUT2D eigenvalue weighted by molar-refractivity contribution is 7.89. The zero-order valence-electron chi connectivity index (χ0n) is 11.2. The molecule has 1 aromatic carbocycles. The number of nitrogens with zero attached hydrogens (tertiary/aromatic N) is 2. The Labute approximate surface area is 119 Å². The SMILES string of the molecule is CCN(C[C@H](C)C#N)S(=O)(=O)c1c(F)c(F)cc(F)c1F. The Morgan fingerprint density at radius 1 is 1.24 bits per heavy atom. The summed E-state index contributed by atoms with van der Waals surface area (Å²) in [5.41, 5.74) is 0. The van der Waals surface area contributed by atoms with Crippen LogP contribution in [0.4, 0.5) is 17.6 Å². The summed E-state index contributed by atoms with van der Waals surface area (Å²) in [7, 11) is -4.81. The summed E-state index contributed by atoms with van der Waals surface area (Å²) in [4.78, 5) is -1.69. The normalized spacial score (nSPS) is 13.2. The van der Waals surface area contributed by atoms with Crippen LogP contribution in [0.2, 0.25) is 0 Å². The number of benzene rings is 1. The number of sulfonamides is 1. The largest absolute Gasteiger partial charge is 0.249 e. The Hall–Kier alpha value is -1.66. The van der Waals surface area contributed by atoms with Crippen LogP contribution in [0.25, 0.3) is 0 Å². The second-order valence-electron chi connectivity index (χ2n) is 4.28. The molecular formula is C12H12F4N2O2S. The molecular weight excluding hydrogens is 312 g/mol. The van der Waals surface area contributed by atoms with E-state index in [0.29, 0.717) is 4.31 Å². The minimum Gasteiger partial charge on any atom is -0.207 e. The Balaban J connectivity index is 3.47. The van der Waals surface area contributed by atoms with Crippen LogP contribution in [-0.4, -0.2) is 25.8 Å². The Bertz CT molecular complexity index is 659. The molecule has 0 N–H and O–H groups in total. The third-order valence-corrected chi connectivity index (χ3v) is 4.68. The van der Waals surface area contributed by atoms with E-state index in [-0.39, 0.29) is 19.2 Å². The number of hydrogen-bond acceptors (Lipinski definition) is 3. The number of rotatable bonds is 5. The molecule has 4 nitrogen and oxygen atoms in total. The fraction of sp³-hybridized carbons (Fsp3) is 0.417. The predicted molar refractivity (Wildman–Crippen MR) is 65.5 cm³/mol. The molecule has 0 amide bonds. The van der Waals surface area contributed by atoms with Gasteiger partial charge in [0.15, 0.2) is 28.2 Å². The van der Waals surface area contributed by atoms with Crippen LogP contribution in [0.3, 0.4) is 0 Å². The molecule has 0 saturated carbocycles. The van der Waals surface area contributed by atoms with Crippen LogP contribution in [0.5, 0.6) is 0 Å². The maximum Gasteiger partial charge on any atom is 0.249 e. The maximum atomic E-state index is 13.6. The molecule has 0 aliphatic carbocycles. The lowest BCUT2D eigenvalue weighted by atomic mass is 10.2. The first-order chi connectivity index (χ1) is 9.66. The van der Waals surface area contributed by atoms with E-state index in [1.165, 1.54) is 13.8 Å². The van der Waals surface area contributed by atoms with Crippen molar-refractivity contribution < 1.29 is 26.0 Å². The van der Waals surface area contributed by atoms with Crippen LogP contribution in [0, 0.1) is 40.5 Å². The van der Waals surface area contributed by atoms with E-state index < -0.39 is 44.1 Å². The van der Waals surface area contributed by atoms with E-state index >= 15 is 0 Å². The Morgan fingerprint density at radius 3 is 2.10 bits per heavy atom. The zero-order valence-corrected chi connectivity index (χ0v) is 12.0. The monoisotopic (exact) mass is 324 g/mol. The van der Waals surface area contributed by atoms with Gasteiger partial charge in [-0.05, 0) is 6.92 Å². The lowest BCUT2D eigenvalue weighted by Gasteiger charge is -2.22. The van der Waals surface area contributed by atoms with Gasteiger partial charge in [0.25, 0.3) is 0 Å². The predicted octanol–water partition coefficient (Wildman–Crippen LogP) is 2.41. The number of halogens is 4. The topological polar surface area (TPSA) is 61.2 Å². The van der Waals surface area contributed by atoms with Crippen molar-refractivity contribution in [1.29, 1.82) is 5.26 Å². The van der Waals surface area contributed by atoms with Gasteiger partial charge in [0.2, 0.25) is 10.0 Å². The minimum atomic E-state index is -4.81. The fourth-order valence-electron chi connectivity index (χ4n) is 1.65. The van der Waals surface area contributed by atoms with Crippen molar-refractivity contribution in [3.05, 3.63) is 29.3 Å². The van der Waals surface area contributed by atoms with Gasteiger partial charge in [0.1, 0.15) is 0 Å². The van der Waals surface area contributed by atoms with Gasteiger partial charge in [-0.1, -0.05) is 6.92 Å². The quantitative estimate of drug-likeness (QED) is 0.617. The standard InChI is InChI=1S/C12H12F4N2O2S/c1-3-18(6-7(2)5-17)21(19,20)12-10(15)8(13)4-9(14)11(12)16/h4,7H,3,6H2,1-2H3/t7-/m1/s1. The van der Waals surface area contributed by atoms with Crippen molar-refractivity contribution in [3.63, 3.8) is 0 Å². The summed E-state index contributed by atoms with van der Waals surface area (Å²) in [6.45, 7) is 2.20. The molecule has 0 bridgehead atoms. The minimum absolute atomic E-state index is 0.0716. The van der Waals surface area contributed by atoms with Gasteiger partial charge in [-0.15, -0.1) is 0 Å². The third kappa shape index (κ3) is 3.33. The first kappa shape index (κ1) is 17.4. The summed E-state index contributed by atoms with van der Waals surface area (Å²) in [6, 6.07) is 1.69. The molecule has 1 atom stereocenters. The number of nitriles is 1. The van der Waals surface area contributed by atoms with Crippen LogP contribution >= 0.6 is 0 Å². The highest BCUT2D eigenvalue weighted by Gasteiger charge is 2.34. The van der Waals surface area contributed by atoms with Gasteiger partial charge in [-0.3, -0.25) is 0 Å². The summed E-state index contributed by atoms with van der Waals surface area (Å²) >= 11 is 0. The molecule has 9 heteroatoms. The van der Waals surface area contributed by atoms with E-state index in [2.05, 4.69) is 0 Å². The molecule has 0 aliphatic heterocycles. The summed E-state index contributed by atoms with van der Waals surface area (Å²) < 4.78 is 78.4. The second kappa shape index (κ2) is 6.41. The average Bonchev–Trinajstić information content (AvgIpc) is 2.42. The van der Waals surface area contributed by atoms with Crippen molar-refractivity contribution >= 4 is 10.0 Å². The van der Waals surface area contributed by atoms with Gasteiger partial charge in [-0.25, -0.2) is 26.0 Å². The third-order valence-electron chi connectivity index (χ3n) is 2.72. The summed E-state index contributed by atoms with van der Waals surface area (Å²) in [6.07, 6.45) is 0. The first-order valence-corrected chi connectivity index (χ1v) is 7.33. The Kier molecular flexibility index (Phi) is 5.31. The fourth-order valence-corrected chi connectivity index (χ4v) is 3.32. The maximum absolute atomic E-state index is 13.6.